The van der Waals surface area contributed by atoms with Crippen molar-refractivity contribution in [2.75, 3.05) is 13.2 Å². The maximum absolute atomic E-state index is 10.8. The van der Waals surface area contributed by atoms with Gasteiger partial charge in [0.05, 0.1) is 6.61 Å². The van der Waals surface area contributed by atoms with E-state index in [9.17, 15) is 4.79 Å². The van der Waals surface area contributed by atoms with Crippen LogP contribution in [0.15, 0.2) is 12.7 Å². The molecule has 4 heteroatoms. The number of hydrogen-bond acceptors (Lipinski definition) is 3. The molecule has 0 saturated heterocycles. The molecule has 16 heavy (non-hydrogen) atoms. The van der Waals surface area contributed by atoms with Gasteiger partial charge in [-0.1, -0.05) is 19.9 Å². The zero-order valence-electron chi connectivity index (χ0n) is 10.8. The Bertz CT molecular complexity index is 210. The molecule has 0 spiro atoms. The Labute approximate surface area is 100.0 Å². The quantitative estimate of drug-likeness (QED) is 0.270. The largest absolute Gasteiger partial charge is 0.463 e. The van der Waals surface area contributed by atoms with Crippen LogP contribution >= 0.6 is 0 Å². The highest BCUT2D eigenvalue weighted by molar-refractivity contribution is 6.72. The van der Waals surface area contributed by atoms with Crippen molar-refractivity contribution in [2.24, 2.45) is 0 Å². The highest BCUT2D eigenvalue weighted by Gasteiger charge is 2.26. The van der Waals surface area contributed by atoms with Crippen LogP contribution in [-0.4, -0.2) is 27.5 Å². The zero-order valence-corrected chi connectivity index (χ0v) is 11.8. The average Bonchev–Trinajstić information content (AvgIpc) is 2.25. The summed E-state index contributed by atoms with van der Waals surface area (Å²) in [6, 6.07) is 2.23. The molecule has 0 rings (SSSR count). The highest BCUT2D eigenvalue weighted by Crippen LogP contribution is 2.21. The Balaban J connectivity index is 3.84. The lowest BCUT2D eigenvalue weighted by Gasteiger charge is -2.26. The van der Waals surface area contributed by atoms with E-state index in [0.717, 1.165) is 25.5 Å². The monoisotopic (exact) mass is 244 g/mol. The minimum atomic E-state index is -1.55. The van der Waals surface area contributed by atoms with Gasteiger partial charge in [0.25, 0.3) is 0 Å². The molecule has 0 amide bonds. The maximum atomic E-state index is 10.8. The van der Waals surface area contributed by atoms with Gasteiger partial charge >= 0.3 is 5.97 Å². The fraction of sp³-hybridized carbons (Fsp3) is 0.750. The van der Waals surface area contributed by atoms with Crippen molar-refractivity contribution in [3.63, 3.8) is 0 Å². The first kappa shape index (κ1) is 15.4. The van der Waals surface area contributed by atoms with Crippen molar-refractivity contribution in [1.29, 1.82) is 0 Å². The van der Waals surface area contributed by atoms with Crippen LogP contribution in [0.2, 0.25) is 18.6 Å². The summed E-state index contributed by atoms with van der Waals surface area (Å²) in [4.78, 5) is 10.8. The minimum Gasteiger partial charge on any atom is -0.463 e. The molecule has 0 saturated carbocycles. The summed E-state index contributed by atoms with van der Waals surface area (Å²) in [5, 5.41) is 0. The summed E-state index contributed by atoms with van der Waals surface area (Å²) in [6.45, 7) is 11.1. The van der Waals surface area contributed by atoms with E-state index in [0.29, 0.717) is 6.61 Å². The highest BCUT2D eigenvalue weighted by atomic mass is 28.4. The molecule has 1 atom stereocenters. The first-order valence-electron chi connectivity index (χ1n) is 6.01. The number of esters is 1. The molecule has 0 aromatic rings. The van der Waals surface area contributed by atoms with Gasteiger partial charge < -0.3 is 9.16 Å². The number of ether oxygens (including phenoxy) is 1. The summed E-state index contributed by atoms with van der Waals surface area (Å²) < 4.78 is 10.8. The lowest BCUT2D eigenvalue weighted by molar-refractivity contribution is -0.137. The predicted molar refractivity (Wildman–Crippen MR) is 68.9 cm³/mol. The molecular formula is C12H24O3Si. The molecule has 0 N–H and O–H groups in total. The van der Waals surface area contributed by atoms with Crippen molar-refractivity contribution in [3.05, 3.63) is 12.7 Å². The standard InChI is InChI=1S/C12H24O3Si/c1-5-10-16(4,15-7-3)11-8-9-14-12(13)6-2/h6H,2,5,7-11H2,1,3-4H3. The molecule has 94 valence electrons. The summed E-state index contributed by atoms with van der Waals surface area (Å²) >= 11 is 0. The fourth-order valence-electron chi connectivity index (χ4n) is 1.82. The van der Waals surface area contributed by atoms with Crippen LogP contribution in [0, 0.1) is 0 Å². The van der Waals surface area contributed by atoms with Gasteiger partial charge in [0.2, 0.25) is 0 Å². The van der Waals surface area contributed by atoms with Gasteiger partial charge in [-0.2, -0.15) is 0 Å². The normalized spacial score (nSPS) is 14.2. The van der Waals surface area contributed by atoms with Crippen LogP contribution in [0.3, 0.4) is 0 Å². The van der Waals surface area contributed by atoms with E-state index in [1.807, 2.05) is 6.92 Å². The molecule has 0 aromatic carbocycles. The topological polar surface area (TPSA) is 35.5 Å². The van der Waals surface area contributed by atoms with E-state index >= 15 is 0 Å². The molecule has 0 aliphatic rings. The first-order valence-corrected chi connectivity index (χ1v) is 8.83. The van der Waals surface area contributed by atoms with Gasteiger partial charge in [-0.05, 0) is 32.0 Å². The van der Waals surface area contributed by atoms with E-state index in [1.165, 1.54) is 12.1 Å². The van der Waals surface area contributed by atoms with E-state index in [-0.39, 0.29) is 5.97 Å². The molecule has 0 bridgehead atoms. The van der Waals surface area contributed by atoms with E-state index in [1.54, 1.807) is 0 Å². The van der Waals surface area contributed by atoms with Crippen molar-refractivity contribution < 1.29 is 14.0 Å². The van der Waals surface area contributed by atoms with Crippen molar-refractivity contribution >= 4 is 14.3 Å². The summed E-state index contributed by atoms with van der Waals surface area (Å²) in [5.74, 6) is -0.338. The predicted octanol–water partition coefficient (Wildman–Crippen LogP) is 3.13. The van der Waals surface area contributed by atoms with Gasteiger partial charge in [0.1, 0.15) is 0 Å². The Morgan fingerprint density at radius 3 is 2.56 bits per heavy atom. The van der Waals surface area contributed by atoms with Gasteiger partial charge in [-0.15, -0.1) is 0 Å². The number of rotatable bonds is 9. The van der Waals surface area contributed by atoms with Gasteiger partial charge in [0, 0.05) is 12.7 Å². The summed E-state index contributed by atoms with van der Waals surface area (Å²) in [5.41, 5.74) is 0. The Hall–Kier alpha value is -0.613. The lowest BCUT2D eigenvalue weighted by atomic mass is 10.5. The van der Waals surface area contributed by atoms with Gasteiger partial charge in [-0.3, -0.25) is 0 Å². The van der Waals surface area contributed by atoms with Crippen LogP contribution in [0.25, 0.3) is 0 Å². The van der Waals surface area contributed by atoms with Crippen LogP contribution in [-0.2, 0) is 14.0 Å². The van der Waals surface area contributed by atoms with Gasteiger partial charge in [0.15, 0.2) is 8.32 Å². The average molecular weight is 244 g/mol. The number of carbonyl (C=O) groups is 1. The molecule has 0 fully saturated rings. The van der Waals surface area contributed by atoms with Crippen LogP contribution in [0.5, 0.6) is 0 Å². The molecule has 0 radical (unpaired) electrons. The summed E-state index contributed by atoms with van der Waals surface area (Å²) in [6.07, 6.45) is 3.25. The molecular weight excluding hydrogens is 220 g/mol. The third-order valence-electron chi connectivity index (χ3n) is 2.53. The fourth-order valence-corrected chi connectivity index (χ4v) is 5.01. The molecule has 0 aliphatic heterocycles. The second kappa shape index (κ2) is 8.53. The van der Waals surface area contributed by atoms with Gasteiger partial charge in [-0.25, -0.2) is 4.79 Å². The number of carbonyl (C=O) groups excluding carboxylic acids is 1. The second-order valence-electron chi connectivity index (χ2n) is 4.11. The molecule has 0 aromatic heterocycles. The third kappa shape index (κ3) is 6.79. The zero-order chi connectivity index (χ0) is 12.4. The number of hydrogen-bond donors (Lipinski definition) is 0. The van der Waals surface area contributed by atoms with Crippen molar-refractivity contribution in [2.45, 2.75) is 45.3 Å². The van der Waals surface area contributed by atoms with Crippen LogP contribution in [0.4, 0.5) is 0 Å². The molecule has 0 aliphatic carbocycles. The van der Waals surface area contributed by atoms with Crippen LogP contribution < -0.4 is 0 Å². The maximum Gasteiger partial charge on any atom is 0.330 e. The summed E-state index contributed by atoms with van der Waals surface area (Å²) in [7, 11) is -1.55. The molecule has 1 unspecified atom stereocenters. The lowest BCUT2D eigenvalue weighted by Crippen LogP contribution is -2.34. The smallest absolute Gasteiger partial charge is 0.330 e. The Morgan fingerprint density at radius 2 is 2.06 bits per heavy atom. The third-order valence-corrected chi connectivity index (χ3v) is 6.49. The first-order chi connectivity index (χ1) is 7.58. The van der Waals surface area contributed by atoms with Crippen LogP contribution in [0.1, 0.15) is 26.7 Å². The molecule has 3 nitrogen and oxygen atoms in total. The Kier molecular flexibility index (Phi) is 8.20. The molecule has 0 heterocycles. The van der Waals surface area contributed by atoms with E-state index in [4.69, 9.17) is 9.16 Å². The van der Waals surface area contributed by atoms with E-state index < -0.39 is 8.32 Å². The van der Waals surface area contributed by atoms with Crippen molar-refractivity contribution in [1.82, 2.24) is 0 Å². The second-order valence-corrected chi connectivity index (χ2v) is 8.30. The van der Waals surface area contributed by atoms with Crippen molar-refractivity contribution in [3.8, 4) is 0 Å². The SMILES string of the molecule is C=CC(=O)OCCC[Si](C)(CCC)OCC. The minimum absolute atomic E-state index is 0.338. The Morgan fingerprint density at radius 1 is 1.38 bits per heavy atom. The van der Waals surface area contributed by atoms with E-state index in [2.05, 4.69) is 20.0 Å².